The fourth-order valence-electron chi connectivity index (χ4n) is 4.04. The molecule has 170 valence electrons. The fourth-order valence-corrected chi connectivity index (χ4v) is 4.04. The largest absolute Gasteiger partial charge is 0.310 e. The number of pyridine rings is 3. The van der Waals surface area contributed by atoms with Gasteiger partial charge in [-0.1, -0.05) is 13.3 Å². The summed E-state index contributed by atoms with van der Waals surface area (Å²) in [6.07, 6.45) is 5.06. The predicted octanol–water partition coefficient (Wildman–Crippen LogP) is 4.28. The van der Waals surface area contributed by atoms with Crippen molar-refractivity contribution in [3.05, 3.63) is 48.2 Å². The molecule has 5 rings (SSSR count). The third-order valence-electron chi connectivity index (χ3n) is 5.96. The predicted molar refractivity (Wildman–Crippen MR) is 119 cm³/mol. The van der Waals surface area contributed by atoms with E-state index < -0.39 is 18.2 Å². The molecule has 0 aliphatic heterocycles. The summed E-state index contributed by atoms with van der Waals surface area (Å²) in [4.78, 5) is 30.0. The van der Waals surface area contributed by atoms with Gasteiger partial charge >= 0.3 is 0 Å². The van der Waals surface area contributed by atoms with Crippen molar-refractivity contribution in [2.45, 2.75) is 45.4 Å². The first-order valence-corrected chi connectivity index (χ1v) is 10.8. The first-order chi connectivity index (χ1) is 16.0. The van der Waals surface area contributed by atoms with Crippen molar-refractivity contribution in [2.75, 3.05) is 5.32 Å². The number of carbonyl (C=O) groups excluding carboxylic acids is 1. The summed E-state index contributed by atoms with van der Waals surface area (Å²) in [6.45, 7) is 3.98. The van der Waals surface area contributed by atoms with Crippen LogP contribution in [0.4, 0.5) is 10.2 Å². The highest BCUT2D eigenvalue weighted by Gasteiger charge is 2.43. The lowest BCUT2D eigenvalue weighted by atomic mass is 10.00. The lowest BCUT2D eigenvalue weighted by Gasteiger charge is -2.15. The smallest absolute Gasteiger partial charge is 0.231 e. The quantitative estimate of drug-likeness (QED) is 0.319. The van der Waals surface area contributed by atoms with Crippen molar-refractivity contribution in [3.8, 4) is 11.1 Å². The molecule has 1 fully saturated rings. The highest BCUT2D eigenvalue weighted by molar-refractivity contribution is 5.97. The number of rotatable bonds is 7. The van der Waals surface area contributed by atoms with Crippen molar-refractivity contribution in [2.24, 2.45) is 5.92 Å². The molecule has 9 nitrogen and oxygen atoms in total. The number of aryl methyl sites for hydroxylation is 1. The first-order valence-electron chi connectivity index (χ1n) is 10.8. The number of fused-ring (bicyclic) bond motifs is 3. The van der Waals surface area contributed by atoms with Crippen LogP contribution in [0.1, 0.15) is 43.5 Å². The molecule has 1 aliphatic rings. The summed E-state index contributed by atoms with van der Waals surface area (Å²) >= 11 is 0. The maximum absolute atomic E-state index is 13.2. The number of nitrogens with zero attached hydrogens (tertiary/aromatic N) is 5. The molecule has 1 amide bonds. The van der Waals surface area contributed by atoms with Crippen LogP contribution in [0.2, 0.25) is 0 Å². The molecule has 0 aromatic carbocycles. The van der Waals surface area contributed by atoms with Crippen LogP contribution in [0.15, 0.2) is 36.9 Å². The van der Waals surface area contributed by atoms with E-state index in [2.05, 4.69) is 30.3 Å². The second-order valence-corrected chi connectivity index (χ2v) is 8.34. The number of hydrogen-bond acceptors (Lipinski definition) is 7. The molecule has 10 heteroatoms. The minimum absolute atomic E-state index is 0.256. The lowest BCUT2D eigenvalue weighted by molar-refractivity contribution is -0.284. The van der Waals surface area contributed by atoms with E-state index in [4.69, 9.17) is 0 Å². The molecule has 3 unspecified atom stereocenters. The van der Waals surface area contributed by atoms with Gasteiger partial charge in [-0.15, -0.1) is 0 Å². The maximum atomic E-state index is 13.2. The first kappa shape index (κ1) is 21.4. The van der Waals surface area contributed by atoms with Crippen LogP contribution < -0.4 is 5.32 Å². The van der Waals surface area contributed by atoms with Crippen molar-refractivity contribution in [3.63, 3.8) is 0 Å². The molecule has 33 heavy (non-hydrogen) atoms. The number of aromatic nitrogens is 5. The molecule has 4 heterocycles. The Morgan fingerprint density at radius 1 is 1.27 bits per heavy atom. The van der Waals surface area contributed by atoms with Gasteiger partial charge in [0.15, 0.2) is 5.65 Å². The second kappa shape index (κ2) is 8.45. The summed E-state index contributed by atoms with van der Waals surface area (Å²) < 4.78 is 14.9. The molecular weight excluding hydrogens is 427 g/mol. The molecule has 0 saturated heterocycles. The van der Waals surface area contributed by atoms with Crippen LogP contribution in [-0.4, -0.2) is 41.9 Å². The van der Waals surface area contributed by atoms with E-state index in [1.165, 1.54) is 6.33 Å². The van der Waals surface area contributed by atoms with Crippen LogP contribution in [0.25, 0.3) is 27.7 Å². The van der Waals surface area contributed by atoms with E-state index in [-0.39, 0.29) is 12.3 Å². The molecule has 4 aromatic rings. The van der Waals surface area contributed by atoms with Gasteiger partial charge < -0.3 is 5.32 Å². The van der Waals surface area contributed by atoms with E-state index in [1.807, 2.05) is 26.0 Å². The van der Waals surface area contributed by atoms with Gasteiger partial charge in [0.25, 0.3) is 0 Å². The third kappa shape index (κ3) is 3.91. The van der Waals surface area contributed by atoms with Crippen LogP contribution in [-0.2, 0) is 9.68 Å². The molecule has 3 atom stereocenters. The fraction of sp³-hybridized carbons (Fsp3) is 0.348. The molecule has 2 N–H and O–H groups in total. The number of amides is 1. The van der Waals surface area contributed by atoms with Gasteiger partial charge in [0.2, 0.25) is 5.91 Å². The van der Waals surface area contributed by atoms with Crippen LogP contribution in [0, 0.1) is 12.8 Å². The number of anilines is 1. The van der Waals surface area contributed by atoms with E-state index >= 15 is 0 Å². The number of carbonyl (C=O) groups is 1. The van der Waals surface area contributed by atoms with Crippen molar-refractivity contribution >= 4 is 28.3 Å². The Bertz CT molecular complexity index is 1360. The Morgan fingerprint density at radius 2 is 2.09 bits per heavy atom. The minimum Gasteiger partial charge on any atom is -0.310 e. The zero-order valence-electron chi connectivity index (χ0n) is 18.2. The van der Waals surface area contributed by atoms with Crippen LogP contribution >= 0.6 is 0 Å². The molecule has 4 aromatic heterocycles. The van der Waals surface area contributed by atoms with E-state index in [1.54, 1.807) is 23.0 Å². The van der Waals surface area contributed by atoms with Crippen molar-refractivity contribution < 1.29 is 19.3 Å². The van der Waals surface area contributed by atoms with E-state index in [9.17, 15) is 14.4 Å². The summed E-state index contributed by atoms with van der Waals surface area (Å²) in [7, 11) is 0. The van der Waals surface area contributed by atoms with Gasteiger partial charge in [0.1, 0.15) is 24.4 Å². The second-order valence-electron chi connectivity index (χ2n) is 8.34. The summed E-state index contributed by atoms with van der Waals surface area (Å²) in [5.41, 5.74) is 4.63. The minimum atomic E-state index is -1.07. The molecular formula is C23H23FN6O3. The highest BCUT2D eigenvalue weighted by Crippen LogP contribution is 2.35. The lowest BCUT2D eigenvalue weighted by Crippen LogP contribution is -2.16. The molecule has 0 spiro atoms. The average Bonchev–Trinajstić information content (AvgIpc) is 3.34. The number of hydrogen-bond donors (Lipinski definition) is 2. The zero-order chi connectivity index (χ0) is 23.1. The number of nitrogens with one attached hydrogen (secondary N) is 1. The van der Waals surface area contributed by atoms with Gasteiger partial charge in [0, 0.05) is 35.0 Å². The molecule has 0 radical (unpaired) electrons. The summed E-state index contributed by atoms with van der Waals surface area (Å²) in [5, 5.41) is 17.1. The monoisotopic (exact) mass is 450 g/mol. The number of alkyl halides is 1. The highest BCUT2D eigenvalue weighted by atomic mass is 19.1. The third-order valence-corrected chi connectivity index (χ3v) is 5.96. The molecule has 1 aliphatic carbocycles. The van der Waals surface area contributed by atoms with E-state index in [0.717, 1.165) is 28.5 Å². The van der Waals surface area contributed by atoms with Gasteiger partial charge in [-0.3, -0.25) is 15.0 Å². The Kier molecular flexibility index (Phi) is 5.47. The zero-order valence-corrected chi connectivity index (χ0v) is 18.2. The SMILES string of the molecule is CCCC(OO)c1cc(C)c(-c2cc3cnc(NC(=O)C4CC4F)cc3n3ncnc23)cn1. The normalized spacial score (nSPS) is 18.5. The standard InChI is InChI=1S/C23H23FN6O3/c1-3-4-20(33-32)18-5-12(2)16(10-25-18)14-6-13-9-26-21(29-23(31)15-7-17(15)24)8-19(13)30-22(14)27-11-28-30/h5-6,8-11,15,17,20,32H,3-4,7H2,1-2H3,(H,26,29,31). The van der Waals surface area contributed by atoms with Gasteiger partial charge in [0.05, 0.1) is 17.1 Å². The summed E-state index contributed by atoms with van der Waals surface area (Å²) in [5.74, 6) is -0.622. The van der Waals surface area contributed by atoms with Crippen LogP contribution in [0.5, 0.6) is 0 Å². The van der Waals surface area contributed by atoms with Gasteiger partial charge in [-0.05, 0) is 37.5 Å². The maximum Gasteiger partial charge on any atom is 0.231 e. The topological polar surface area (TPSA) is 115 Å². The van der Waals surface area contributed by atoms with Crippen LogP contribution in [0.3, 0.4) is 0 Å². The average molecular weight is 450 g/mol. The number of halogens is 1. The van der Waals surface area contributed by atoms with Crippen molar-refractivity contribution in [1.82, 2.24) is 24.6 Å². The van der Waals surface area contributed by atoms with Gasteiger partial charge in [-0.2, -0.15) is 5.10 Å². The molecule has 0 bridgehead atoms. The Morgan fingerprint density at radius 3 is 2.79 bits per heavy atom. The Labute approximate surface area is 188 Å². The van der Waals surface area contributed by atoms with Crippen molar-refractivity contribution in [1.29, 1.82) is 0 Å². The Balaban J connectivity index is 1.55. The van der Waals surface area contributed by atoms with Gasteiger partial charge in [-0.25, -0.2) is 23.8 Å². The van der Waals surface area contributed by atoms with E-state index in [0.29, 0.717) is 29.1 Å². The Hall–Kier alpha value is -3.50. The molecule has 1 saturated carbocycles. The summed E-state index contributed by atoms with van der Waals surface area (Å²) in [6, 6.07) is 5.55.